The van der Waals surface area contributed by atoms with Crippen LogP contribution >= 0.6 is 15.9 Å². The number of halogens is 2. The number of carbonyl (C=O) groups excluding carboxylic acids is 1. The largest absolute Gasteiger partial charge is 0.478 e. The predicted octanol–water partition coefficient (Wildman–Crippen LogP) is 3.85. The second kappa shape index (κ2) is 6.05. The van der Waals surface area contributed by atoms with E-state index in [0.29, 0.717) is 11.3 Å². The maximum absolute atomic E-state index is 13.9. The molecule has 0 saturated carbocycles. The minimum absolute atomic E-state index is 0.0469. The van der Waals surface area contributed by atoms with Crippen LogP contribution in [0.15, 0.2) is 40.9 Å². The molecular weight excluding hydrogens is 341 g/mol. The first-order valence-electron chi connectivity index (χ1n) is 5.99. The molecule has 21 heavy (non-hydrogen) atoms. The summed E-state index contributed by atoms with van der Waals surface area (Å²) in [5.41, 5.74) is 0.943. The molecule has 0 aromatic heterocycles. The van der Waals surface area contributed by atoms with E-state index < -0.39 is 17.7 Å². The number of carboxylic acids is 1. The lowest BCUT2D eigenvalue weighted by atomic mass is 10.1. The fourth-order valence-electron chi connectivity index (χ4n) is 1.76. The highest BCUT2D eigenvalue weighted by atomic mass is 79.9. The number of benzene rings is 2. The van der Waals surface area contributed by atoms with Crippen molar-refractivity contribution >= 4 is 33.5 Å². The van der Waals surface area contributed by atoms with E-state index in [1.54, 1.807) is 19.1 Å². The zero-order valence-corrected chi connectivity index (χ0v) is 12.6. The van der Waals surface area contributed by atoms with E-state index in [4.69, 9.17) is 5.11 Å². The number of hydrogen-bond acceptors (Lipinski definition) is 2. The average molecular weight is 352 g/mol. The molecule has 0 spiro atoms. The molecule has 0 aliphatic carbocycles. The Hall–Kier alpha value is -2.21. The monoisotopic (exact) mass is 351 g/mol. The average Bonchev–Trinajstić information content (AvgIpc) is 2.43. The summed E-state index contributed by atoms with van der Waals surface area (Å²) >= 11 is 3.01. The molecule has 0 fully saturated rings. The Morgan fingerprint density at radius 2 is 1.95 bits per heavy atom. The van der Waals surface area contributed by atoms with Gasteiger partial charge in [0.05, 0.1) is 15.6 Å². The van der Waals surface area contributed by atoms with Crippen LogP contribution < -0.4 is 5.32 Å². The van der Waals surface area contributed by atoms with Crippen molar-refractivity contribution in [1.82, 2.24) is 0 Å². The van der Waals surface area contributed by atoms with Gasteiger partial charge in [0.15, 0.2) is 0 Å². The summed E-state index contributed by atoms with van der Waals surface area (Å²) < 4.78 is 14.0. The molecule has 2 aromatic carbocycles. The molecule has 0 unspecified atom stereocenters. The van der Waals surface area contributed by atoms with Crippen molar-refractivity contribution in [1.29, 1.82) is 0 Å². The Balaban J connectivity index is 2.33. The molecule has 1 amide bonds. The molecule has 0 aliphatic heterocycles. The van der Waals surface area contributed by atoms with Gasteiger partial charge in [0.25, 0.3) is 5.91 Å². The summed E-state index contributed by atoms with van der Waals surface area (Å²) in [6.07, 6.45) is 0. The van der Waals surface area contributed by atoms with Gasteiger partial charge in [0.2, 0.25) is 0 Å². The molecule has 4 nitrogen and oxygen atoms in total. The molecule has 0 radical (unpaired) electrons. The lowest BCUT2D eigenvalue weighted by Gasteiger charge is -2.10. The van der Waals surface area contributed by atoms with Crippen molar-refractivity contribution in [2.45, 2.75) is 6.92 Å². The minimum Gasteiger partial charge on any atom is -0.478 e. The van der Waals surface area contributed by atoms with Gasteiger partial charge in [-0.25, -0.2) is 9.18 Å². The second-order valence-corrected chi connectivity index (χ2v) is 5.24. The molecule has 0 aliphatic rings. The number of rotatable bonds is 3. The number of carboxylic acid groups (broad SMARTS) is 1. The van der Waals surface area contributed by atoms with Crippen LogP contribution in [-0.4, -0.2) is 17.0 Å². The van der Waals surface area contributed by atoms with Gasteiger partial charge in [-0.3, -0.25) is 4.79 Å². The number of aromatic carboxylic acids is 1. The van der Waals surface area contributed by atoms with Crippen LogP contribution in [0.5, 0.6) is 0 Å². The van der Waals surface area contributed by atoms with Crippen molar-refractivity contribution < 1.29 is 19.1 Å². The fourth-order valence-corrected chi connectivity index (χ4v) is 2.12. The van der Waals surface area contributed by atoms with Crippen molar-refractivity contribution in [2.75, 3.05) is 5.32 Å². The van der Waals surface area contributed by atoms with Crippen LogP contribution in [0.1, 0.15) is 26.3 Å². The minimum atomic E-state index is -1.10. The molecule has 108 valence electrons. The molecule has 6 heteroatoms. The molecule has 0 atom stereocenters. The van der Waals surface area contributed by atoms with Gasteiger partial charge in [-0.2, -0.15) is 0 Å². The van der Waals surface area contributed by atoms with Gasteiger partial charge < -0.3 is 10.4 Å². The molecule has 0 bridgehead atoms. The quantitative estimate of drug-likeness (QED) is 0.882. The summed E-state index contributed by atoms with van der Waals surface area (Å²) in [7, 11) is 0. The summed E-state index contributed by atoms with van der Waals surface area (Å²) in [6, 6.07) is 8.74. The Morgan fingerprint density at radius 3 is 2.62 bits per heavy atom. The van der Waals surface area contributed by atoms with Crippen LogP contribution in [0, 0.1) is 12.7 Å². The summed E-state index contributed by atoms with van der Waals surface area (Å²) in [5.74, 6) is -2.40. The Morgan fingerprint density at radius 1 is 1.24 bits per heavy atom. The molecule has 0 heterocycles. The summed E-state index contributed by atoms with van der Waals surface area (Å²) in [4.78, 5) is 23.0. The standard InChI is InChI=1S/C15H11BrFNO3/c1-8-5-6-9(15(20)21)7-12(8)18-14(19)10-3-2-4-11(16)13(10)17/h2-7H,1H3,(H,18,19)(H,20,21). The third-order valence-electron chi connectivity index (χ3n) is 2.93. The van der Waals surface area contributed by atoms with E-state index in [1.807, 2.05) is 0 Å². The van der Waals surface area contributed by atoms with Gasteiger partial charge in [-0.05, 0) is 52.7 Å². The lowest BCUT2D eigenvalue weighted by Crippen LogP contribution is -2.15. The number of aryl methyl sites for hydroxylation is 1. The fraction of sp³-hybridized carbons (Fsp3) is 0.0667. The number of anilines is 1. The van der Waals surface area contributed by atoms with Crippen LogP contribution in [-0.2, 0) is 0 Å². The van der Waals surface area contributed by atoms with Gasteiger partial charge in [-0.1, -0.05) is 12.1 Å². The van der Waals surface area contributed by atoms with Gasteiger partial charge in [0, 0.05) is 5.69 Å². The zero-order chi connectivity index (χ0) is 15.6. The molecule has 0 saturated heterocycles. The smallest absolute Gasteiger partial charge is 0.335 e. The summed E-state index contributed by atoms with van der Waals surface area (Å²) in [5, 5.41) is 11.5. The predicted molar refractivity (Wildman–Crippen MR) is 80.2 cm³/mol. The lowest BCUT2D eigenvalue weighted by molar-refractivity contribution is 0.0696. The van der Waals surface area contributed by atoms with Crippen molar-refractivity contribution in [3.8, 4) is 0 Å². The van der Waals surface area contributed by atoms with Crippen molar-refractivity contribution in [3.05, 3.63) is 63.4 Å². The summed E-state index contributed by atoms with van der Waals surface area (Å²) in [6.45, 7) is 1.72. The van der Waals surface area contributed by atoms with E-state index in [1.165, 1.54) is 24.3 Å². The highest BCUT2D eigenvalue weighted by Gasteiger charge is 2.15. The maximum atomic E-state index is 13.9. The topological polar surface area (TPSA) is 66.4 Å². The number of amides is 1. The SMILES string of the molecule is Cc1ccc(C(=O)O)cc1NC(=O)c1cccc(Br)c1F. The van der Waals surface area contributed by atoms with Crippen LogP contribution in [0.2, 0.25) is 0 Å². The number of nitrogens with one attached hydrogen (secondary N) is 1. The van der Waals surface area contributed by atoms with Crippen LogP contribution in [0.4, 0.5) is 10.1 Å². The second-order valence-electron chi connectivity index (χ2n) is 4.39. The Bertz CT molecular complexity index is 731. The van der Waals surface area contributed by atoms with Crippen molar-refractivity contribution in [3.63, 3.8) is 0 Å². The van der Waals surface area contributed by atoms with Crippen LogP contribution in [0.3, 0.4) is 0 Å². The molecule has 2 aromatic rings. The Kier molecular flexibility index (Phi) is 4.37. The molecular formula is C15H11BrFNO3. The normalized spacial score (nSPS) is 10.2. The Labute approximate surface area is 128 Å². The number of hydrogen-bond donors (Lipinski definition) is 2. The number of carbonyl (C=O) groups is 2. The van der Waals surface area contributed by atoms with Gasteiger partial charge >= 0.3 is 5.97 Å². The third-order valence-corrected chi connectivity index (χ3v) is 3.54. The van der Waals surface area contributed by atoms with E-state index in [2.05, 4.69) is 21.2 Å². The highest BCUT2D eigenvalue weighted by molar-refractivity contribution is 9.10. The first-order chi connectivity index (χ1) is 9.90. The van der Waals surface area contributed by atoms with E-state index in [0.717, 1.165) is 0 Å². The van der Waals surface area contributed by atoms with E-state index >= 15 is 0 Å². The third kappa shape index (κ3) is 3.28. The zero-order valence-electron chi connectivity index (χ0n) is 11.0. The molecule has 2 N–H and O–H groups in total. The maximum Gasteiger partial charge on any atom is 0.335 e. The highest BCUT2D eigenvalue weighted by Crippen LogP contribution is 2.22. The van der Waals surface area contributed by atoms with E-state index in [9.17, 15) is 14.0 Å². The molecule has 2 rings (SSSR count). The first-order valence-corrected chi connectivity index (χ1v) is 6.78. The van der Waals surface area contributed by atoms with Crippen molar-refractivity contribution in [2.24, 2.45) is 0 Å². The van der Waals surface area contributed by atoms with Gasteiger partial charge in [0.1, 0.15) is 5.82 Å². The van der Waals surface area contributed by atoms with Gasteiger partial charge in [-0.15, -0.1) is 0 Å². The van der Waals surface area contributed by atoms with Crippen LogP contribution in [0.25, 0.3) is 0 Å². The first kappa shape index (κ1) is 15.2. The van der Waals surface area contributed by atoms with E-state index in [-0.39, 0.29) is 15.6 Å².